The van der Waals surface area contributed by atoms with E-state index in [1.54, 1.807) is 0 Å². The lowest BCUT2D eigenvalue weighted by molar-refractivity contribution is -0.121. The lowest BCUT2D eigenvalue weighted by atomic mass is 9.92. The van der Waals surface area contributed by atoms with Crippen LogP contribution in [0.25, 0.3) is 0 Å². The van der Waals surface area contributed by atoms with Crippen LogP contribution in [-0.2, 0) is 4.79 Å². The number of hydrogen-bond donors (Lipinski definition) is 2. The SMILES string of the molecule is CC(N)CNC(=O)CCC1CCN(C)CC1. The van der Waals surface area contributed by atoms with E-state index in [0.29, 0.717) is 13.0 Å². The molecule has 1 heterocycles. The van der Waals surface area contributed by atoms with Crippen LogP contribution in [0.5, 0.6) is 0 Å². The van der Waals surface area contributed by atoms with Gasteiger partial charge in [0.1, 0.15) is 0 Å². The van der Waals surface area contributed by atoms with Crippen molar-refractivity contribution in [2.24, 2.45) is 11.7 Å². The van der Waals surface area contributed by atoms with Crippen molar-refractivity contribution >= 4 is 5.91 Å². The summed E-state index contributed by atoms with van der Waals surface area (Å²) in [6, 6.07) is 0.0484. The molecular weight excluding hydrogens is 202 g/mol. The summed E-state index contributed by atoms with van der Waals surface area (Å²) in [5.74, 6) is 0.883. The van der Waals surface area contributed by atoms with Gasteiger partial charge in [0.05, 0.1) is 0 Å². The summed E-state index contributed by atoms with van der Waals surface area (Å²) in [5, 5.41) is 2.86. The fraction of sp³-hybridized carbons (Fsp3) is 0.917. The third-order valence-corrected chi connectivity index (χ3v) is 3.24. The van der Waals surface area contributed by atoms with Gasteiger partial charge in [-0.05, 0) is 52.2 Å². The summed E-state index contributed by atoms with van der Waals surface area (Å²) in [7, 11) is 2.16. The molecule has 0 spiro atoms. The zero-order valence-corrected chi connectivity index (χ0v) is 10.5. The summed E-state index contributed by atoms with van der Waals surface area (Å²) in [4.78, 5) is 13.8. The fourth-order valence-electron chi connectivity index (χ4n) is 2.05. The van der Waals surface area contributed by atoms with Crippen LogP contribution < -0.4 is 11.1 Å². The minimum absolute atomic E-state index is 0.0484. The lowest BCUT2D eigenvalue weighted by Gasteiger charge is -2.28. The zero-order chi connectivity index (χ0) is 12.0. The van der Waals surface area contributed by atoms with Crippen LogP contribution in [0, 0.1) is 5.92 Å². The highest BCUT2D eigenvalue weighted by Crippen LogP contribution is 2.20. The summed E-state index contributed by atoms with van der Waals surface area (Å²) in [5.41, 5.74) is 5.57. The van der Waals surface area contributed by atoms with Crippen LogP contribution >= 0.6 is 0 Å². The number of piperidine rings is 1. The number of nitrogens with one attached hydrogen (secondary N) is 1. The average molecular weight is 227 g/mol. The second kappa shape index (κ2) is 6.86. The molecule has 1 fully saturated rings. The van der Waals surface area contributed by atoms with E-state index in [-0.39, 0.29) is 11.9 Å². The smallest absolute Gasteiger partial charge is 0.220 e. The molecule has 94 valence electrons. The van der Waals surface area contributed by atoms with E-state index < -0.39 is 0 Å². The van der Waals surface area contributed by atoms with Gasteiger partial charge < -0.3 is 16.0 Å². The van der Waals surface area contributed by atoms with Gasteiger partial charge in [-0.25, -0.2) is 0 Å². The normalized spacial score (nSPS) is 20.7. The zero-order valence-electron chi connectivity index (χ0n) is 10.5. The molecule has 0 bridgehead atoms. The van der Waals surface area contributed by atoms with Crippen molar-refractivity contribution in [3.05, 3.63) is 0 Å². The highest BCUT2D eigenvalue weighted by Gasteiger charge is 2.17. The third-order valence-electron chi connectivity index (χ3n) is 3.24. The van der Waals surface area contributed by atoms with Crippen molar-refractivity contribution in [3.8, 4) is 0 Å². The van der Waals surface area contributed by atoms with Crippen molar-refractivity contribution < 1.29 is 4.79 Å². The molecule has 0 aliphatic carbocycles. The average Bonchev–Trinajstić information content (AvgIpc) is 2.25. The summed E-state index contributed by atoms with van der Waals surface area (Å²) < 4.78 is 0. The molecule has 1 rings (SSSR count). The van der Waals surface area contributed by atoms with Crippen LogP contribution in [0.2, 0.25) is 0 Å². The van der Waals surface area contributed by atoms with Crippen molar-refractivity contribution in [1.82, 2.24) is 10.2 Å². The van der Waals surface area contributed by atoms with Crippen LogP contribution in [0.4, 0.5) is 0 Å². The Hall–Kier alpha value is -0.610. The topological polar surface area (TPSA) is 58.4 Å². The maximum absolute atomic E-state index is 11.5. The standard InChI is InChI=1S/C12H25N3O/c1-10(13)9-14-12(16)4-3-11-5-7-15(2)8-6-11/h10-11H,3-9,13H2,1-2H3,(H,14,16). The Bertz CT molecular complexity index is 210. The molecule has 1 amide bonds. The number of carbonyl (C=O) groups is 1. The molecular formula is C12H25N3O. The number of nitrogens with two attached hydrogens (primary N) is 1. The molecule has 0 aromatic heterocycles. The molecule has 3 N–H and O–H groups in total. The molecule has 0 aromatic carbocycles. The van der Waals surface area contributed by atoms with E-state index >= 15 is 0 Å². The largest absolute Gasteiger partial charge is 0.355 e. The Labute approximate surface area is 98.6 Å². The van der Waals surface area contributed by atoms with Gasteiger partial charge in [-0.15, -0.1) is 0 Å². The van der Waals surface area contributed by atoms with E-state index in [4.69, 9.17) is 5.73 Å². The predicted molar refractivity (Wildman–Crippen MR) is 66.1 cm³/mol. The first-order valence-corrected chi connectivity index (χ1v) is 6.28. The fourth-order valence-corrected chi connectivity index (χ4v) is 2.05. The van der Waals surface area contributed by atoms with Gasteiger partial charge in [-0.3, -0.25) is 4.79 Å². The van der Waals surface area contributed by atoms with Crippen LogP contribution in [0.15, 0.2) is 0 Å². The van der Waals surface area contributed by atoms with E-state index in [1.807, 2.05) is 6.92 Å². The molecule has 4 nitrogen and oxygen atoms in total. The van der Waals surface area contributed by atoms with Gasteiger partial charge >= 0.3 is 0 Å². The lowest BCUT2D eigenvalue weighted by Crippen LogP contribution is -2.35. The van der Waals surface area contributed by atoms with Gasteiger partial charge in [0.15, 0.2) is 0 Å². The quantitative estimate of drug-likeness (QED) is 0.722. The first-order chi connectivity index (χ1) is 7.58. The molecule has 0 saturated carbocycles. The number of nitrogens with zero attached hydrogens (tertiary/aromatic N) is 1. The highest BCUT2D eigenvalue weighted by molar-refractivity contribution is 5.75. The number of carbonyl (C=O) groups excluding carboxylic acids is 1. The second-order valence-corrected chi connectivity index (χ2v) is 5.07. The van der Waals surface area contributed by atoms with E-state index in [0.717, 1.165) is 12.3 Å². The first kappa shape index (κ1) is 13.5. The molecule has 16 heavy (non-hydrogen) atoms. The number of hydrogen-bond acceptors (Lipinski definition) is 3. The first-order valence-electron chi connectivity index (χ1n) is 6.28. The van der Waals surface area contributed by atoms with Gasteiger partial charge in [0.25, 0.3) is 0 Å². The van der Waals surface area contributed by atoms with E-state index in [9.17, 15) is 4.79 Å². The molecule has 1 saturated heterocycles. The van der Waals surface area contributed by atoms with Crippen LogP contribution in [0.3, 0.4) is 0 Å². The Morgan fingerprint density at radius 1 is 1.50 bits per heavy atom. The predicted octanol–water partition coefficient (Wildman–Crippen LogP) is 0.572. The molecule has 1 aliphatic heterocycles. The van der Waals surface area contributed by atoms with Gasteiger partial charge in [-0.1, -0.05) is 0 Å². The maximum Gasteiger partial charge on any atom is 0.220 e. The Morgan fingerprint density at radius 3 is 2.69 bits per heavy atom. The molecule has 0 aromatic rings. The Kier molecular flexibility index (Phi) is 5.77. The van der Waals surface area contributed by atoms with E-state index in [1.165, 1.54) is 25.9 Å². The molecule has 1 unspecified atom stereocenters. The number of rotatable bonds is 5. The van der Waals surface area contributed by atoms with Crippen molar-refractivity contribution in [1.29, 1.82) is 0 Å². The van der Waals surface area contributed by atoms with Crippen LogP contribution in [0.1, 0.15) is 32.6 Å². The molecule has 1 aliphatic rings. The molecule has 0 radical (unpaired) electrons. The summed E-state index contributed by atoms with van der Waals surface area (Å²) in [6.45, 7) is 4.84. The minimum Gasteiger partial charge on any atom is -0.355 e. The summed E-state index contributed by atoms with van der Waals surface area (Å²) in [6.07, 6.45) is 4.15. The third kappa shape index (κ3) is 5.47. The van der Waals surface area contributed by atoms with Crippen molar-refractivity contribution in [3.63, 3.8) is 0 Å². The Balaban J connectivity index is 2.07. The van der Waals surface area contributed by atoms with Crippen LogP contribution in [-0.4, -0.2) is 43.5 Å². The monoisotopic (exact) mass is 227 g/mol. The minimum atomic E-state index is 0.0484. The van der Waals surface area contributed by atoms with Gasteiger partial charge in [-0.2, -0.15) is 0 Å². The van der Waals surface area contributed by atoms with E-state index in [2.05, 4.69) is 17.3 Å². The molecule has 1 atom stereocenters. The number of likely N-dealkylation sites (tertiary alicyclic amines) is 1. The molecule has 4 heteroatoms. The van der Waals surface area contributed by atoms with Crippen molar-refractivity contribution in [2.75, 3.05) is 26.7 Å². The van der Waals surface area contributed by atoms with Crippen molar-refractivity contribution in [2.45, 2.75) is 38.6 Å². The highest BCUT2D eigenvalue weighted by atomic mass is 16.1. The second-order valence-electron chi connectivity index (χ2n) is 5.07. The summed E-state index contributed by atoms with van der Waals surface area (Å²) >= 11 is 0. The Morgan fingerprint density at radius 2 is 2.12 bits per heavy atom. The van der Waals surface area contributed by atoms with Gasteiger partial charge in [0, 0.05) is 19.0 Å². The maximum atomic E-state index is 11.5. The number of amides is 1. The van der Waals surface area contributed by atoms with Gasteiger partial charge in [0.2, 0.25) is 5.91 Å².